The zero-order valence-corrected chi connectivity index (χ0v) is 77.8. The maximum Gasteiger partial charge on any atom is 0.317 e. The second-order valence-corrected chi connectivity index (χ2v) is 81.1. The number of hydrogen-bond acceptors (Lipinski definition) is 18. The van der Waals surface area contributed by atoms with Gasteiger partial charge in [0, 0.05) is 0 Å². The van der Waals surface area contributed by atoms with Gasteiger partial charge in [-0.2, -0.15) is 0 Å². The Bertz CT molecular complexity index is 2550. The molecule has 0 amide bonds. The molecular formula is C70H140O18Si12. The molecule has 576 valence electrons. The van der Waals surface area contributed by atoms with E-state index in [-0.39, 0.29) is 0 Å². The Morgan fingerprint density at radius 2 is 0.350 bits per heavy atom. The highest BCUT2D eigenvalue weighted by Gasteiger charge is 2.61. The van der Waals surface area contributed by atoms with E-state index < -0.39 is 103 Å². The van der Waals surface area contributed by atoms with Gasteiger partial charge in [0.05, 0.1) is 73.2 Å². The van der Waals surface area contributed by atoms with Gasteiger partial charge in [0.1, 0.15) is 0 Å². The van der Waals surface area contributed by atoms with Crippen LogP contribution < -0.4 is 0 Å². The van der Waals surface area contributed by atoms with Crippen LogP contribution in [-0.2, 0) is 77.8 Å². The van der Waals surface area contributed by atoms with Crippen molar-refractivity contribution in [2.24, 2.45) is 35.5 Å². The topological polar surface area (TPSA) is 186 Å². The Morgan fingerprint density at radius 3 is 0.530 bits per heavy atom. The summed E-state index contributed by atoms with van der Waals surface area (Å²) in [6.45, 7) is 40.5. The lowest BCUT2D eigenvalue weighted by Crippen LogP contribution is -2.67. The van der Waals surface area contributed by atoms with Crippen molar-refractivity contribution in [1.29, 1.82) is 0 Å². The van der Waals surface area contributed by atoms with Gasteiger partial charge in [-0.3, -0.25) is 0 Å². The van der Waals surface area contributed by atoms with Gasteiger partial charge in [-0.05, 0) is 343 Å². The van der Waals surface area contributed by atoms with E-state index >= 15 is 0 Å². The highest BCUT2D eigenvalue weighted by Crippen LogP contribution is 2.51. The predicted molar refractivity (Wildman–Crippen MR) is 419 cm³/mol. The van der Waals surface area contributed by atoms with Crippen molar-refractivity contribution >= 4 is 103 Å². The Morgan fingerprint density at radius 1 is 0.190 bits per heavy atom. The average molecular weight is 1610 g/mol. The van der Waals surface area contributed by atoms with Gasteiger partial charge in [-0.15, -0.1) is 0 Å². The lowest BCUT2D eigenvalue weighted by atomic mass is 9.88. The van der Waals surface area contributed by atoms with Gasteiger partial charge in [0.15, 0.2) is 0 Å². The monoisotopic (exact) mass is 1600 g/mol. The van der Waals surface area contributed by atoms with Gasteiger partial charge in [0.25, 0.3) is 0 Å². The van der Waals surface area contributed by atoms with E-state index in [1.54, 1.807) is 0 Å². The second-order valence-electron chi connectivity index (χ2n) is 38.0. The van der Waals surface area contributed by atoms with Gasteiger partial charge < -0.3 is 77.8 Å². The van der Waals surface area contributed by atoms with E-state index in [4.69, 9.17) is 77.8 Å². The minimum Gasteiger partial charge on any atom is -0.416 e. The molecule has 0 aromatic heterocycles. The molecule has 0 spiro atoms. The molecule has 18 nitrogen and oxygen atoms in total. The summed E-state index contributed by atoms with van der Waals surface area (Å²) in [5.41, 5.74) is 0. The van der Waals surface area contributed by atoms with E-state index in [9.17, 15) is 0 Å². The van der Waals surface area contributed by atoms with Crippen molar-refractivity contribution in [3.63, 3.8) is 0 Å². The van der Waals surface area contributed by atoms with Crippen molar-refractivity contribution in [2.75, 3.05) is 0 Å². The van der Waals surface area contributed by atoms with E-state index in [0.29, 0.717) is 73.2 Å². The van der Waals surface area contributed by atoms with Gasteiger partial charge >= 0.3 is 103 Å². The number of epoxide rings is 6. The summed E-state index contributed by atoms with van der Waals surface area (Å²) in [5, 5.41) is 0. The van der Waals surface area contributed by atoms with Crippen molar-refractivity contribution in [3.8, 4) is 0 Å². The largest absolute Gasteiger partial charge is 0.416 e. The number of ether oxygens (including phenoxy) is 6. The molecule has 9 heterocycles. The highest BCUT2D eigenvalue weighted by molar-refractivity contribution is 6.95. The summed E-state index contributed by atoms with van der Waals surface area (Å²) in [7, 11) is -28.5. The first-order valence-corrected chi connectivity index (χ1v) is 72.7. The third-order valence-electron chi connectivity index (χ3n) is 25.5. The maximum absolute atomic E-state index is 7.26. The molecule has 100 heavy (non-hydrogen) atoms. The molecule has 9 aliphatic heterocycles. The number of hydrogen-bond donors (Lipinski definition) is 0. The Labute approximate surface area is 618 Å². The van der Waals surface area contributed by atoms with Crippen molar-refractivity contribution in [3.05, 3.63) is 0 Å². The van der Waals surface area contributed by atoms with Crippen LogP contribution in [0.15, 0.2) is 0 Å². The highest BCUT2D eigenvalue weighted by atomic mass is 28.5. The average Bonchev–Trinajstić information content (AvgIpc) is 1.52. The summed E-state index contributed by atoms with van der Waals surface area (Å²) >= 11 is 0. The first kappa shape index (κ1) is 79.9. The van der Waals surface area contributed by atoms with Crippen LogP contribution in [0.25, 0.3) is 0 Å². The van der Waals surface area contributed by atoms with Crippen LogP contribution in [0.5, 0.6) is 0 Å². The van der Waals surface area contributed by atoms with Crippen LogP contribution in [0.2, 0.25) is 153 Å². The van der Waals surface area contributed by atoms with Gasteiger partial charge in [0.2, 0.25) is 0 Å². The minimum absolute atomic E-state index is 0.539. The Hall–Kier alpha value is 1.88. The second kappa shape index (κ2) is 31.1. The van der Waals surface area contributed by atoms with E-state index in [0.717, 1.165) is 96.7 Å². The standard InChI is InChI=1S/C26H52O6Si4.2C22H44O6Si4/c1-7-15-33(3)29-35(5,17-13-21-9-11-23-25(19-21)27-23)31-34(4,16-8-2)32-36(6,30-33)18-14-22-10-12-24-26(20-22)28-24;1-29(2)25-31(5,13-11-17-7-9-19-21(15-17)23-19)27-30(3,4)28-32(6,26-29)14-12-18-8-10-20-22(16-18)24-20;1-29(2)25-30(3,4)27-32(6,14-12-18-8-10-20-22(16-18)24-20)28-31(5,26-29)13-11-17-7-9-19-21(15-17)23-19/h21-26H,7-20H2,1-6H3;2*17-22H,7-16H2,1-6H3. The van der Waals surface area contributed by atoms with Crippen LogP contribution >= 0.6 is 0 Å². The Kier molecular flexibility index (Phi) is 24.9. The lowest BCUT2D eigenvalue weighted by Gasteiger charge is -2.50. The fraction of sp³-hybridized carbons (Fsp3) is 1.00. The Balaban J connectivity index is 0.000000135. The maximum atomic E-state index is 7.26. The zero-order chi connectivity index (χ0) is 71.2. The molecule has 15 aliphatic rings. The molecule has 0 radical (unpaired) electrons. The molecule has 0 aromatic rings. The molecule has 15 rings (SSSR count). The molecule has 30 heteroatoms. The lowest BCUT2D eigenvalue weighted by molar-refractivity contribution is 0.215. The predicted octanol–water partition coefficient (Wildman–Crippen LogP) is 18.1. The fourth-order valence-electron chi connectivity index (χ4n) is 21.3. The van der Waals surface area contributed by atoms with Crippen LogP contribution in [0.3, 0.4) is 0 Å². The SMILES string of the molecule is CCC[Si]1(C)O[Si](C)(CCC2CCC3OC3C2)O[Si](C)(CCC)O[Si](C)(CCC2CCC3OC3C2)O1.C[Si]1(C)O[Si](C)(C)O[Si](C)(CCC2CCC3OC3C2)O[Si](C)(CCC2CCC3OC3C2)O1.C[Si]1(C)O[Si](C)(CCC2CCC3OC3C2)O[Si](C)(C)O[Si](C)(CCC2CCC3OC3C2)O1. The molecule has 9 saturated heterocycles. The quantitative estimate of drug-likeness (QED) is 0.0735. The third kappa shape index (κ3) is 22.6. The minimum atomic E-state index is -2.44. The van der Waals surface area contributed by atoms with E-state index in [1.165, 1.54) is 154 Å². The van der Waals surface area contributed by atoms with Crippen molar-refractivity contribution in [1.82, 2.24) is 0 Å². The van der Waals surface area contributed by atoms with E-state index in [2.05, 4.69) is 119 Å². The summed E-state index contributed by atoms with van der Waals surface area (Å²) < 4.78 is 119. The van der Waals surface area contributed by atoms with Crippen LogP contribution in [0.4, 0.5) is 0 Å². The molecule has 0 bridgehead atoms. The molecule has 15 fully saturated rings. The summed E-state index contributed by atoms with van der Waals surface area (Å²) in [6, 6.07) is 8.34. The molecule has 0 N–H and O–H groups in total. The van der Waals surface area contributed by atoms with E-state index in [1.807, 2.05) is 0 Å². The van der Waals surface area contributed by atoms with Gasteiger partial charge in [-0.25, -0.2) is 0 Å². The third-order valence-corrected chi connectivity index (χ3v) is 78.9. The number of fused-ring (bicyclic) bond motifs is 6. The molecule has 6 aliphatic carbocycles. The van der Waals surface area contributed by atoms with Crippen molar-refractivity contribution < 1.29 is 77.8 Å². The molecular weight excluding hydrogens is 1470 g/mol. The van der Waals surface area contributed by atoms with Crippen LogP contribution in [-0.4, -0.2) is 176 Å². The smallest absolute Gasteiger partial charge is 0.317 e. The normalized spacial score (nSPS) is 49.7. The van der Waals surface area contributed by atoms with Crippen LogP contribution in [0, 0.1) is 35.5 Å². The van der Waals surface area contributed by atoms with Crippen LogP contribution in [0.1, 0.15) is 181 Å². The molecule has 20 unspecified atom stereocenters. The van der Waals surface area contributed by atoms with Gasteiger partial charge in [-0.1, -0.05) is 26.7 Å². The fourth-order valence-corrected chi connectivity index (χ4v) is 89.7. The first-order valence-electron chi connectivity index (χ1n) is 41.2. The molecule has 6 saturated carbocycles. The summed E-state index contributed by atoms with van der Waals surface area (Å²) in [4.78, 5) is 0. The summed E-state index contributed by atoms with van der Waals surface area (Å²) in [5.74, 6) is 4.51. The first-order chi connectivity index (χ1) is 46.9. The summed E-state index contributed by atoms with van der Waals surface area (Å²) in [6.07, 6.45) is 38.5. The number of rotatable bonds is 22. The molecule has 0 aromatic carbocycles. The molecule has 20 atom stereocenters. The van der Waals surface area contributed by atoms with Crippen molar-refractivity contribution in [2.45, 2.75) is 407 Å². The zero-order valence-electron chi connectivity index (χ0n) is 65.8.